The molecule has 72 valence electrons. The monoisotopic (exact) mass is 184 g/mol. The summed E-state index contributed by atoms with van der Waals surface area (Å²) in [6.45, 7) is 0. The Hall–Kier alpha value is -1.04. The van der Waals surface area contributed by atoms with Crippen LogP contribution in [0.3, 0.4) is 0 Å². The van der Waals surface area contributed by atoms with Crippen molar-refractivity contribution in [1.82, 2.24) is 0 Å². The first-order valence-electron chi connectivity index (χ1n) is 5.70. The molecule has 0 spiro atoms. The van der Waals surface area contributed by atoms with Gasteiger partial charge >= 0.3 is 0 Å². The summed E-state index contributed by atoms with van der Waals surface area (Å²) >= 11 is 0. The maximum Gasteiger partial charge on any atom is -0.0191 e. The Bertz CT molecular complexity index is 312. The van der Waals surface area contributed by atoms with Gasteiger partial charge in [-0.2, -0.15) is 0 Å². The van der Waals surface area contributed by atoms with Crippen LogP contribution in [0, 0.1) is 11.8 Å². The summed E-state index contributed by atoms with van der Waals surface area (Å²) in [4.78, 5) is 0. The van der Waals surface area contributed by atoms with Gasteiger partial charge in [-0.3, -0.25) is 0 Å². The molecule has 0 N–H and O–H groups in total. The molecule has 0 heteroatoms. The van der Waals surface area contributed by atoms with Crippen LogP contribution in [0.2, 0.25) is 0 Å². The molecule has 0 nitrogen and oxygen atoms in total. The summed E-state index contributed by atoms with van der Waals surface area (Å²) < 4.78 is 0. The molecule has 3 aliphatic carbocycles. The van der Waals surface area contributed by atoms with Crippen molar-refractivity contribution in [2.45, 2.75) is 25.7 Å². The molecule has 0 saturated heterocycles. The van der Waals surface area contributed by atoms with Crippen molar-refractivity contribution < 1.29 is 0 Å². The molecule has 14 heavy (non-hydrogen) atoms. The van der Waals surface area contributed by atoms with E-state index in [1.807, 2.05) is 0 Å². The molecule has 3 rings (SSSR count). The van der Waals surface area contributed by atoms with Crippen molar-refractivity contribution in [3.05, 3.63) is 47.6 Å². The minimum atomic E-state index is 0.919. The van der Waals surface area contributed by atoms with Crippen molar-refractivity contribution in [3.63, 3.8) is 0 Å². The van der Waals surface area contributed by atoms with Crippen molar-refractivity contribution in [1.29, 1.82) is 0 Å². The van der Waals surface area contributed by atoms with E-state index in [4.69, 9.17) is 0 Å². The highest BCUT2D eigenvalue weighted by atomic mass is 14.4. The van der Waals surface area contributed by atoms with E-state index in [0.29, 0.717) is 0 Å². The fourth-order valence-electron chi connectivity index (χ4n) is 3.21. The second kappa shape index (κ2) is 3.27. The molecule has 0 radical (unpaired) electrons. The minimum Gasteiger partial charge on any atom is -0.0622 e. The van der Waals surface area contributed by atoms with Gasteiger partial charge in [0.05, 0.1) is 0 Å². The average molecular weight is 184 g/mol. The Kier molecular flexibility index (Phi) is 1.93. The predicted octanol–water partition coefficient (Wildman–Crippen LogP) is 3.79. The lowest BCUT2D eigenvalue weighted by molar-refractivity contribution is 0.480. The van der Waals surface area contributed by atoms with Crippen LogP contribution in [0.15, 0.2) is 47.6 Å². The van der Waals surface area contributed by atoms with Crippen LogP contribution < -0.4 is 0 Å². The van der Waals surface area contributed by atoms with Gasteiger partial charge in [-0.15, -0.1) is 0 Å². The Labute approximate surface area is 85.7 Å². The molecule has 2 saturated carbocycles. The molecular formula is C14H16. The van der Waals surface area contributed by atoms with Crippen molar-refractivity contribution >= 4 is 0 Å². The summed E-state index contributed by atoms with van der Waals surface area (Å²) in [5.74, 6) is 1.84. The van der Waals surface area contributed by atoms with E-state index in [2.05, 4.69) is 36.5 Å². The molecule has 0 atom stereocenters. The van der Waals surface area contributed by atoms with E-state index in [0.717, 1.165) is 11.8 Å². The van der Waals surface area contributed by atoms with Gasteiger partial charge in [-0.05, 0) is 43.1 Å². The SMILES string of the molecule is C1=CC=CC(=C2C3CCC2CC3)C=C1. The van der Waals surface area contributed by atoms with E-state index < -0.39 is 0 Å². The predicted molar refractivity (Wildman–Crippen MR) is 59.9 cm³/mol. The third kappa shape index (κ3) is 1.21. The van der Waals surface area contributed by atoms with Crippen LogP contribution in [0.5, 0.6) is 0 Å². The van der Waals surface area contributed by atoms with Crippen LogP contribution >= 0.6 is 0 Å². The van der Waals surface area contributed by atoms with Crippen LogP contribution in [-0.4, -0.2) is 0 Å². The van der Waals surface area contributed by atoms with Gasteiger partial charge in [0.15, 0.2) is 0 Å². The van der Waals surface area contributed by atoms with E-state index in [1.54, 1.807) is 5.57 Å². The Morgan fingerprint density at radius 2 is 1.21 bits per heavy atom. The molecule has 0 amide bonds. The molecule has 0 aliphatic heterocycles. The molecule has 0 aromatic rings. The lowest BCUT2D eigenvalue weighted by Gasteiger charge is -2.07. The Balaban J connectivity index is 2.03. The summed E-state index contributed by atoms with van der Waals surface area (Å²) in [5.41, 5.74) is 3.27. The smallest absolute Gasteiger partial charge is 0.0191 e. The zero-order chi connectivity index (χ0) is 9.38. The van der Waals surface area contributed by atoms with Crippen molar-refractivity contribution in [2.24, 2.45) is 11.8 Å². The van der Waals surface area contributed by atoms with E-state index in [1.165, 1.54) is 31.3 Å². The number of hydrogen-bond acceptors (Lipinski definition) is 0. The van der Waals surface area contributed by atoms with E-state index >= 15 is 0 Å². The standard InChI is InChI=1S/C14H16/c1-2-4-6-11(5-3-1)14-12-7-8-13(14)10-9-12/h1-6,12-13H,7-10H2. The maximum absolute atomic E-state index is 2.28. The number of hydrogen-bond donors (Lipinski definition) is 0. The van der Waals surface area contributed by atoms with Crippen molar-refractivity contribution in [2.75, 3.05) is 0 Å². The Morgan fingerprint density at radius 3 is 1.71 bits per heavy atom. The lowest BCUT2D eigenvalue weighted by Crippen LogP contribution is -1.93. The van der Waals surface area contributed by atoms with Crippen LogP contribution in [0.1, 0.15) is 25.7 Å². The van der Waals surface area contributed by atoms with Crippen LogP contribution in [-0.2, 0) is 0 Å². The first-order valence-corrected chi connectivity index (χ1v) is 5.70. The zero-order valence-electron chi connectivity index (χ0n) is 8.45. The normalized spacial score (nSPS) is 34.3. The molecule has 0 unspecified atom stereocenters. The van der Waals surface area contributed by atoms with Gasteiger partial charge in [-0.25, -0.2) is 0 Å². The van der Waals surface area contributed by atoms with Crippen LogP contribution in [0.4, 0.5) is 0 Å². The van der Waals surface area contributed by atoms with Gasteiger partial charge in [0.1, 0.15) is 0 Å². The van der Waals surface area contributed by atoms with Gasteiger partial charge in [0.2, 0.25) is 0 Å². The van der Waals surface area contributed by atoms with Gasteiger partial charge in [-0.1, -0.05) is 42.0 Å². The summed E-state index contributed by atoms with van der Waals surface area (Å²) in [6, 6.07) is 0. The number of rotatable bonds is 0. The average Bonchev–Trinajstić information content (AvgIpc) is 2.69. The van der Waals surface area contributed by atoms with E-state index in [9.17, 15) is 0 Å². The fraction of sp³-hybridized carbons (Fsp3) is 0.429. The highest BCUT2D eigenvalue weighted by Gasteiger charge is 2.37. The second-order valence-electron chi connectivity index (χ2n) is 4.56. The van der Waals surface area contributed by atoms with Gasteiger partial charge in [0, 0.05) is 0 Å². The van der Waals surface area contributed by atoms with Crippen molar-refractivity contribution in [3.8, 4) is 0 Å². The molecule has 0 heterocycles. The molecule has 0 aromatic carbocycles. The topological polar surface area (TPSA) is 0 Å². The molecule has 3 aliphatic rings. The molecule has 0 aromatic heterocycles. The van der Waals surface area contributed by atoms with Gasteiger partial charge in [0.25, 0.3) is 0 Å². The molecule has 2 bridgehead atoms. The van der Waals surface area contributed by atoms with Gasteiger partial charge < -0.3 is 0 Å². The molecular weight excluding hydrogens is 168 g/mol. The third-order valence-electron chi connectivity index (χ3n) is 3.83. The quantitative estimate of drug-likeness (QED) is 0.537. The maximum atomic E-state index is 2.28. The number of allylic oxidation sites excluding steroid dienone is 8. The van der Waals surface area contributed by atoms with Crippen LogP contribution in [0.25, 0.3) is 0 Å². The third-order valence-corrected chi connectivity index (χ3v) is 3.83. The summed E-state index contributed by atoms with van der Waals surface area (Å²) in [6.07, 6.45) is 18.9. The lowest BCUT2D eigenvalue weighted by atomic mass is 9.98. The first-order chi connectivity index (χ1) is 6.95. The minimum absolute atomic E-state index is 0.919. The second-order valence-corrected chi connectivity index (χ2v) is 4.56. The highest BCUT2D eigenvalue weighted by Crippen LogP contribution is 2.50. The Morgan fingerprint density at radius 1 is 0.714 bits per heavy atom. The summed E-state index contributed by atoms with van der Waals surface area (Å²) in [5, 5.41) is 0. The zero-order valence-corrected chi connectivity index (χ0v) is 8.45. The highest BCUT2D eigenvalue weighted by molar-refractivity contribution is 5.44. The number of fused-ring (bicyclic) bond motifs is 2. The largest absolute Gasteiger partial charge is 0.0622 e. The fourth-order valence-corrected chi connectivity index (χ4v) is 3.21. The van der Waals surface area contributed by atoms with E-state index in [-0.39, 0.29) is 0 Å². The first kappa shape index (κ1) is 8.28. The summed E-state index contributed by atoms with van der Waals surface area (Å²) in [7, 11) is 0. The molecule has 2 fully saturated rings.